The average molecular weight is 265 g/mol. The molecule has 0 amide bonds. The van der Waals surface area contributed by atoms with E-state index in [1.807, 2.05) is 0 Å². The van der Waals surface area contributed by atoms with Gasteiger partial charge in [0.1, 0.15) is 6.20 Å². The fraction of sp³-hybridized carbons (Fsp3) is 0.250. The van der Waals surface area contributed by atoms with E-state index in [0.717, 1.165) is 0 Å². The van der Waals surface area contributed by atoms with Gasteiger partial charge in [0.15, 0.2) is 5.82 Å². The van der Waals surface area contributed by atoms with E-state index in [9.17, 15) is 27.7 Å². The van der Waals surface area contributed by atoms with Crippen LogP contribution < -0.4 is 4.74 Å². The highest BCUT2D eigenvalue weighted by Crippen LogP contribution is 2.34. The molecular formula is C8H3F4N3O3. The number of nitrogens with zero attached hydrogens (tertiary/aromatic N) is 3. The van der Waals surface area contributed by atoms with Crippen LogP contribution in [0.15, 0.2) is 6.20 Å². The largest absolute Gasteiger partial charge is 0.573 e. The quantitative estimate of drug-likeness (QED) is 0.474. The molecular weight excluding hydrogens is 262 g/mol. The Morgan fingerprint density at radius 3 is 2.61 bits per heavy atom. The molecule has 0 spiro atoms. The van der Waals surface area contributed by atoms with Crippen LogP contribution in [-0.2, 0) is 6.42 Å². The molecule has 1 aromatic heterocycles. The number of pyridine rings is 1. The molecule has 0 atom stereocenters. The Hall–Kier alpha value is -2.44. The third-order valence-electron chi connectivity index (χ3n) is 1.69. The summed E-state index contributed by atoms with van der Waals surface area (Å²) in [6.07, 6.45) is -5.54. The predicted molar refractivity (Wildman–Crippen MR) is 46.8 cm³/mol. The van der Waals surface area contributed by atoms with Crippen molar-refractivity contribution < 1.29 is 27.2 Å². The molecule has 0 N–H and O–H groups in total. The number of hydrogen-bond donors (Lipinski definition) is 0. The van der Waals surface area contributed by atoms with Crippen LogP contribution >= 0.6 is 0 Å². The average Bonchev–Trinajstić information content (AvgIpc) is 2.22. The van der Waals surface area contributed by atoms with E-state index in [4.69, 9.17) is 5.26 Å². The van der Waals surface area contributed by atoms with Gasteiger partial charge in [0.25, 0.3) is 0 Å². The summed E-state index contributed by atoms with van der Waals surface area (Å²) in [5.41, 5.74) is -1.94. The van der Waals surface area contributed by atoms with Crippen LogP contribution in [0.25, 0.3) is 0 Å². The van der Waals surface area contributed by atoms with Crippen molar-refractivity contribution >= 4 is 5.69 Å². The minimum Gasteiger partial charge on any atom is -0.395 e. The fourth-order valence-electron chi connectivity index (χ4n) is 1.04. The summed E-state index contributed by atoms with van der Waals surface area (Å²) in [5.74, 6) is -3.28. The lowest BCUT2D eigenvalue weighted by Gasteiger charge is -2.10. The maximum Gasteiger partial charge on any atom is 0.573 e. The summed E-state index contributed by atoms with van der Waals surface area (Å²) in [6, 6.07) is 1.45. The molecule has 0 aliphatic heterocycles. The van der Waals surface area contributed by atoms with Gasteiger partial charge in [-0.25, -0.2) is 9.37 Å². The maximum absolute atomic E-state index is 13.5. The molecule has 1 heterocycles. The molecule has 0 bridgehead atoms. The lowest BCUT2D eigenvalue weighted by atomic mass is 10.2. The van der Waals surface area contributed by atoms with Crippen molar-refractivity contribution in [3.63, 3.8) is 0 Å². The van der Waals surface area contributed by atoms with Crippen LogP contribution in [0, 0.1) is 27.3 Å². The molecule has 10 heteroatoms. The number of nitriles is 1. The van der Waals surface area contributed by atoms with Crippen LogP contribution in [0.4, 0.5) is 23.2 Å². The second-order valence-electron chi connectivity index (χ2n) is 2.87. The molecule has 1 aromatic rings. The number of aromatic nitrogens is 1. The molecule has 0 unspecified atom stereocenters. The topological polar surface area (TPSA) is 89.0 Å². The van der Waals surface area contributed by atoms with Gasteiger partial charge in [-0.3, -0.25) is 10.1 Å². The third-order valence-corrected chi connectivity index (χ3v) is 1.69. The van der Waals surface area contributed by atoms with Gasteiger partial charge in [-0.05, 0) is 0 Å². The molecule has 1 rings (SSSR count). The Labute approximate surface area is 96.6 Å². The molecule has 0 radical (unpaired) electrons. The highest BCUT2D eigenvalue weighted by Gasteiger charge is 2.37. The van der Waals surface area contributed by atoms with Crippen LogP contribution in [-0.4, -0.2) is 16.3 Å². The lowest BCUT2D eigenvalue weighted by molar-refractivity contribution is -0.389. The number of rotatable bonds is 3. The Morgan fingerprint density at radius 2 is 2.17 bits per heavy atom. The summed E-state index contributed by atoms with van der Waals surface area (Å²) in [5, 5.41) is 18.7. The smallest absolute Gasteiger partial charge is 0.395 e. The van der Waals surface area contributed by atoms with Gasteiger partial charge in [0, 0.05) is 0 Å². The number of hydrogen-bond acceptors (Lipinski definition) is 5. The van der Waals surface area contributed by atoms with Gasteiger partial charge in [-0.2, -0.15) is 5.26 Å². The summed E-state index contributed by atoms with van der Waals surface area (Å²) in [7, 11) is 0. The first kappa shape index (κ1) is 13.6. The van der Waals surface area contributed by atoms with Crippen LogP contribution in [0.5, 0.6) is 5.75 Å². The van der Waals surface area contributed by atoms with Crippen molar-refractivity contribution in [1.82, 2.24) is 4.98 Å². The van der Waals surface area contributed by atoms with Crippen molar-refractivity contribution in [3.05, 3.63) is 27.8 Å². The molecule has 0 saturated carbocycles. The standard InChI is InChI=1S/C8H3F4N3O3/c9-6-4(1-2-13)14-3-5(15(16)17)7(6)18-8(10,11)12/h3H,1H2. The Bertz CT molecular complexity index is 524. The van der Waals surface area contributed by atoms with Crippen molar-refractivity contribution in [2.75, 3.05) is 0 Å². The van der Waals surface area contributed by atoms with E-state index in [0.29, 0.717) is 6.20 Å². The zero-order valence-electron chi connectivity index (χ0n) is 8.36. The summed E-state index contributed by atoms with van der Waals surface area (Å²) in [6.45, 7) is 0. The highest BCUT2D eigenvalue weighted by atomic mass is 19.4. The predicted octanol–water partition coefficient (Wildman–Crippen LogP) is 2.09. The van der Waals surface area contributed by atoms with Gasteiger partial charge in [0.05, 0.1) is 23.1 Å². The molecule has 0 saturated heterocycles. The van der Waals surface area contributed by atoms with Gasteiger partial charge >= 0.3 is 12.0 Å². The Balaban J connectivity index is 3.37. The van der Waals surface area contributed by atoms with Gasteiger partial charge in [-0.15, -0.1) is 13.2 Å². The molecule has 0 aliphatic rings. The Morgan fingerprint density at radius 1 is 1.56 bits per heavy atom. The van der Waals surface area contributed by atoms with Crippen LogP contribution in [0.1, 0.15) is 5.69 Å². The minimum atomic E-state index is -5.29. The van der Waals surface area contributed by atoms with E-state index in [1.54, 1.807) is 0 Å². The normalized spacial score (nSPS) is 10.8. The summed E-state index contributed by atoms with van der Waals surface area (Å²) in [4.78, 5) is 12.3. The van der Waals surface area contributed by atoms with Crippen molar-refractivity contribution in [1.29, 1.82) is 5.26 Å². The molecule has 18 heavy (non-hydrogen) atoms. The van der Waals surface area contributed by atoms with Crippen molar-refractivity contribution in [2.24, 2.45) is 0 Å². The molecule has 6 nitrogen and oxygen atoms in total. The van der Waals surface area contributed by atoms with Gasteiger partial charge in [-0.1, -0.05) is 0 Å². The van der Waals surface area contributed by atoms with E-state index < -0.39 is 40.7 Å². The SMILES string of the molecule is N#CCc1ncc([N+](=O)[O-])c(OC(F)(F)F)c1F. The lowest BCUT2D eigenvalue weighted by Crippen LogP contribution is -2.19. The monoisotopic (exact) mass is 265 g/mol. The van der Waals surface area contributed by atoms with E-state index in [2.05, 4.69) is 9.72 Å². The molecule has 96 valence electrons. The molecule has 0 fully saturated rings. The highest BCUT2D eigenvalue weighted by molar-refractivity contribution is 5.47. The van der Waals surface area contributed by atoms with E-state index in [-0.39, 0.29) is 0 Å². The van der Waals surface area contributed by atoms with Crippen LogP contribution in [0.2, 0.25) is 0 Å². The molecule has 0 aromatic carbocycles. The van der Waals surface area contributed by atoms with Crippen LogP contribution in [0.3, 0.4) is 0 Å². The van der Waals surface area contributed by atoms with E-state index in [1.165, 1.54) is 6.07 Å². The number of halogens is 4. The minimum absolute atomic E-state index is 0.400. The second-order valence-corrected chi connectivity index (χ2v) is 2.87. The molecule has 0 aliphatic carbocycles. The number of alkyl halides is 3. The number of nitro groups is 1. The first-order valence-corrected chi connectivity index (χ1v) is 4.20. The maximum atomic E-state index is 13.5. The first-order chi connectivity index (χ1) is 8.26. The van der Waals surface area contributed by atoms with Crippen molar-refractivity contribution in [2.45, 2.75) is 12.8 Å². The second kappa shape index (κ2) is 4.82. The third kappa shape index (κ3) is 3.03. The summed E-state index contributed by atoms with van der Waals surface area (Å²) < 4.78 is 52.7. The fourth-order valence-corrected chi connectivity index (χ4v) is 1.04. The van der Waals surface area contributed by atoms with E-state index >= 15 is 0 Å². The first-order valence-electron chi connectivity index (χ1n) is 4.20. The van der Waals surface area contributed by atoms with Gasteiger partial charge in [0.2, 0.25) is 5.75 Å². The van der Waals surface area contributed by atoms with Crippen molar-refractivity contribution in [3.8, 4) is 11.8 Å². The Kier molecular flexibility index (Phi) is 3.65. The van der Waals surface area contributed by atoms with Gasteiger partial charge < -0.3 is 4.74 Å². The zero-order valence-corrected chi connectivity index (χ0v) is 8.36. The number of ether oxygens (including phenoxy) is 1. The zero-order chi connectivity index (χ0) is 13.9. The summed E-state index contributed by atoms with van der Waals surface area (Å²) >= 11 is 0.